The fraction of sp³-hybridized carbons (Fsp3) is 0.0909. The summed E-state index contributed by atoms with van der Waals surface area (Å²) < 4.78 is 0. The molecule has 0 amide bonds. The van der Waals surface area contributed by atoms with Gasteiger partial charge in [-0.25, -0.2) is 9.97 Å². The van der Waals surface area contributed by atoms with Crippen LogP contribution in [0.15, 0.2) is 48.8 Å². The van der Waals surface area contributed by atoms with E-state index in [1.54, 1.807) is 18.5 Å². The van der Waals surface area contributed by atoms with Gasteiger partial charge >= 0.3 is 29.6 Å². The monoisotopic (exact) mass is 209 g/mol. The summed E-state index contributed by atoms with van der Waals surface area (Å²) in [4.78, 5) is 8.14. The van der Waals surface area contributed by atoms with Crippen molar-refractivity contribution in [3.8, 4) is 0 Å². The standard InChI is InChI=1S/C11H11N3.Na.H/c1-2-5-10(6-3-1)9-14-11-12-7-4-8-13-11;;/h1-8H,9H2,(H,12,13,14);;/q;+1;-1. The van der Waals surface area contributed by atoms with Gasteiger partial charge in [-0.1, -0.05) is 30.3 Å². The molecule has 0 atom stereocenters. The summed E-state index contributed by atoms with van der Waals surface area (Å²) in [7, 11) is 0. The number of benzene rings is 1. The second kappa shape index (κ2) is 6.56. The van der Waals surface area contributed by atoms with Crippen molar-refractivity contribution >= 4 is 5.95 Å². The molecule has 2 aromatic rings. The number of nitrogens with one attached hydrogen (secondary N) is 1. The second-order valence-electron chi connectivity index (χ2n) is 2.91. The van der Waals surface area contributed by atoms with Crippen molar-refractivity contribution in [2.75, 3.05) is 5.32 Å². The molecule has 1 aromatic carbocycles. The van der Waals surface area contributed by atoms with Crippen LogP contribution in [0.1, 0.15) is 6.99 Å². The molecule has 3 nitrogen and oxygen atoms in total. The SMILES string of the molecule is [H-].[Na+].c1ccc(CNc2ncccn2)cc1. The first-order valence-corrected chi connectivity index (χ1v) is 4.50. The summed E-state index contributed by atoms with van der Waals surface area (Å²) in [5.41, 5.74) is 1.22. The van der Waals surface area contributed by atoms with E-state index < -0.39 is 0 Å². The van der Waals surface area contributed by atoms with Gasteiger partial charge in [-0.2, -0.15) is 0 Å². The quantitative estimate of drug-likeness (QED) is 0.673. The van der Waals surface area contributed by atoms with Crippen LogP contribution >= 0.6 is 0 Å². The molecular weight excluding hydrogens is 197 g/mol. The van der Waals surface area contributed by atoms with Crippen molar-refractivity contribution in [3.63, 3.8) is 0 Å². The molecule has 0 aliphatic rings. The zero-order chi connectivity index (χ0) is 9.64. The van der Waals surface area contributed by atoms with Crippen molar-refractivity contribution < 1.29 is 31.0 Å². The third-order valence-corrected chi connectivity index (χ3v) is 1.86. The molecule has 72 valence electrons. The molecule has 2 rings (SSSR count). The maximum absolute atomic E-state index is 4.07. The molecule has 1 N–H and O–H groups in total. The summed E-state index contributed by atoms with van der Waals surface area (Å²) >= 11 is 0. The maximum atomic E-state index is 4.07. The number of nitrogens with zero attached hydrogens (tertiary/aromatic N) is 2. The van der Waals surface area contributed by atoms with E-state index >= 15 is 0 Å². The third kappa shape index (κ3) is 4.00. The Morgan fingerprint density at radius 2 is 1.67 bits per heavy atom. The van der Waals surface area contributed by atoms with Crippen LogP contribution < -0.4 is 34.9 Å². The Labute approximate surface area is 113 Å². The molecule has 0 bridgehead atoms. The van der Waals surface area contributed by atoms with Crippen molar-refractivity contribution in [1.82, 2.24) is 9.97 Å². The van der Waals surface area contributed by atoms with E-state index in [1.165, 1.54) is 5.56 Å². The van der Waals surface area contributed by atoms with Gasteiger partial charge in [0.1, 0.15) is 0 Å². The van der Waals surface area contributed by atoms with Gasteiger partial charge < -0.3 is 6.74 Å². The molecule has 0 fully saturated rings. The average Bonchev–Trinajstić information content (AvgIpc) is 2.29. The largest absolute Gasteiger partial charge is 1.00 e. The molecule has 1 aromatic heterocycles. The molecule has 0 spiro atoms. The van der Waals surface area contributed by atoms with Gasteiger partial charge in [0.25, 0.3) is 0 Å². The third-order valence-electron chi connectivity index (χ3n) is 1.86. The number of rotatable bonds is 3. The minimum atomic E-state index is 0. The molecular formula is C11H12N3Na. The smallest absolute Gasteiger partial charge is 1.00 e. The number of hydrogen-bond donors (Lipinski definition) is 1. The van der Waals surface area contributed by atoms with E-state index in [-0.39, 0.29) is 31.0 Å². The van der Waals surface area contributed by atoms with Crippen LogP contribution in [-0.2, 0) is 6.54 Å². The fourth-order valence-corrected chi connectivity index (χ4v) is 1.17. The van der Waals surface area contributed by atoms with Crippen molar-refractivity contribution in [2.45, 2.75) is 6.54 Å². The number of aromatic nitrogens is 2. The van der Waals surface area contributed by atoms with E-state index in [0.29, 0.717) is 5.95 Å². The molecule has 15 heavy (non-hydrogen) atoms. The maximum Gasteiger partial charge on any atom is 1.00 e. The van der Waals surface area contributed by atoms with E-state index in [9.17, 15) is 0 Å². The second-order valence-corrected chi connectivity index (χ2v) is 2.91. The molecule has 4 heteroatoms. The van der Waals surface area contributed by atoms with E-state index in [0.717, 1.165) is 6.54 Å². The van der Waals surface area contributed by atoms with Gasteiger partial charge in [0, 0.05) is 18.9 Å². The van der Waals surface area contributed by atoms with Crippen molar-refractivity contribution in [2.24, 2.45) is 0 Å². The zero-order valence-electron chi connectivity index (χ0n) is 9.72. The predicted molar refractivity (Wildman–Crippen MR) is 56.9 cm³/mol. The first-order chi connectivity index (χ1) is 6.95. The molecule has 0 aliphatic heterocycles. The Morgan fingerprint density at radius 1 is 1.00 bits per heavy atom. The van der Waals surface area contributed by atoms with Gasteiger partial charge in [0.15, 0.2) is 0 Å². The first-order valence-electron chi connectivity index (χ1n) is 4.50. The van der Waals surface area contributed by atoms with Crippen LogP contribution in [0, 0.1) is 0 Å². The number of hydrogen-bond acceptors (Lipinski definition) is 3. The van der Waals surface area contributed by atoms with Gasteiger partial charge in [0.2, 0.25) is 5.95 Å². The topological polar surface area (TPSA) is 37.8 Å². The molecule has 0 saturated carbocycles. The van der Waals surface area contributed by atoms with Crippen molar-refractivity contribution in [3.05, 3.63) is 54.4 Å². The Hall–Kier alpha value is -0.900. The average molecular weight is 209 g/mol. The molecule has 1 heterocycles. The number of anilines is 1. The Balaban J connectivity index is 0.00000112. The molecule has 0 aliphatic carbocycles. The van der Waals surface area contributed by atoms with Gasteiger partial charge in [-0.05, 0) is 11.6 Å². The Bertz CT molecular complexity index is 343. The van der Waals surface area contributed by atoms with Gasteiger partial charge in [-0.3, -0.25) is 0 Å². The van der Waals surface area contributed by atoms with E-state index in [1.807, 2.05) is 18.2 Å². The van der Waals surface area contributed by atoms with Crippen LogP contribution in [0.25, 0.3) is 0 Å². The summed E-state index contributed by atoms with van der Waals surface area (Å²) in [5, 5.41) is 3.14. The Morgan fingerprint density at radius 3 is 2.33 bits per heavy atom. The normalized spacial score (nSPS) is 9.07. The zero-order valence-corrected chi connectivity index (χ0v) is 10.7. The summed E-state index contributed by atoms with van der Waals surface area (Å²) in [6, 6.07) is 12.0. The first kappa shape index (κ1) is 12.2. The Kier molecular flexibility index (Phi) is 5.32. The van der Waals surface area contributed by atoms with E-state index in [4.69, 9.17) is 0 Å². The van der Waals surface area contributed by atoms with Crippen LogP contribution in [0.5, 0.6) is 0 Å². The van der Waals surface area contributed by atoms with Crippen molar-refractivity contribution in [1.29, 1.82) is 0 Å². The summed E-state index contributed by atoms with van der Waals surface area (Å²) in [6.45, 7) is 0.755. The van der Waals surface area contributed by atoms with Crippen LogP contribution in [0.2, 0.25) is 0 Å². The molecule has 0 unspecified atom stereocenters. The summed E-state index contributed by atoms with van der Waals surface area (Å²) in [6.07, 6.45) is 3.45. The molecule has 0 saturated heterocycles. The van der Waals surface area contributed by atoms with E-state index in [2.05, 4.69) is 27.4 Å². The summed E-state index contributed by atoms with van der Waals surface area (Å²) in [5.74, 6) is 0.663. The predicted octanol–water partition coefficient (Wildman–Crippen LogP) is -0.795. The minimum Gasteiger partial charge on any atom is -1.00 e. The van der Waals surface area contributed by atoms with Crippen LogP contribution in [-0.4, -0.2) is 9.97 Å². The minimum absolute atomic E-state index is 0. The van der Waals surface area contributed by atoms with Crippen LogP contribution in [0.4, 0.5) is 5.95 Å². The molecule has 0 radical (unpaired) electrons. The fourth-order valence-electron chi connectivity index (χ4n) is 1.17. The van der Waals surface area contributed by atoms with Crippen LogP contribution in [0.3, 0.4) is 0 Å². The van der Waals surface area contributed by atoms with Gasteiger partial charge in [0.05, 0.1) is 0 Å². The van der Waals surface area contributed by atoms with Gasteiger partial charge in [-0.15, -0.1) is 0 Å².